The molecule has 1 aromatic carbocycles. The van der Waals surface area contributed by atoms with Gasteiger partial charge in [0, 0.05) is 31.0 Å². The molecule has 0 aliphatic carbocycles. The summed E-state index contributed by atoms with van der Waals surface area (Å²) in [5.41, 5.74) is 1.98. The second kappa shape index (κ2) is 8.48. The van der Waals surface area contributed by atoms with E-state index in [1.54, 1.807) is 23.1 Å². The van der Waals surface area contributed by atoms with Gasteiger partial charge in [-0.1, -0.05) is 42.2 Å². The third-order valence-corrected chi connectivity index (χ3v) is 5.97. The Morgan fingerprint density at radius 3 is 2.71 bits per heavy atom. The minimum Gasteiger partial charge on any atom is -0.360 e. The van der Waals surface area contributed by atoms with Crippen molar-refractivity contribution >= 4 is 34.1 Å². The van der Waals surface area contributed by atoms with Crippen LogP contribution in [0.4, 0.5) is 5.13 Å². The number of anilines is 1. The summed E-state index contributed by atoms with van der Waals surface area (Å²) in [4.78, 5) is 14.3. The molecule has 0 radical (unpaired) electrons. The van der Waals surface area contributed by atoms with Gasteiger partial charge in [-0.25, -0.2) is 0 Å². The number of aromatic nitrogens is 2. The highest BCUT2D eigenvalue weighted by atomic mass is 32.2. The topological polar surface area (TPSA) is 58.1 Å². The molecule has 1 fully saturated rings. The molecule has 0 spiro atoms. The van der Waals surface area contributed by atoms with Gasteiger partial charge in [0.1, 0.15) is 0 Å². The van der Waals surface area contributed by atoms with Crippen LogP contribution in [0.15, 0.2) is 28.6 Å². The van der Waals surface area contributed by atoms with Crippen LogP contribution in [0.25, 0.3) is 0 Å². The first-order chi connectivity index (χ1) is 11.8. The number of likely N-dealkylation sites (tertiary alicyclic amines) is 1. The Bertz CT molecular complexity index is 665. The van der Waals surface area contributed by atoms with Crippen molar-refractivity contribution in [1.29, 1.82) is 0 Å². The Kier molecular flexibility index (Phi) is 6.09. The lowest BCUT2D eigenvalue weighted by molar-refractivity contribution is 0.0793. The number of nitrogens with zero attached hydrogens (tertiary/aromatic N) is 3. The molecule has 128 valence electrons. The van der Waals surface area contributed by atoms with Gasteiger partial charge >= 0.3 is 0 Å². The van der Waals surface area contributed by atoms with Crippen LogP contribution in [0.2, 0.25) is 0 Å². The van der Waals surface area contributed by atoms with Gasteiger partial charge in [0.05, 0.1) is 0 Å². The second-order valence-corrected chi connectivity index (χ2v) is 7.98. The summed E-state index contributed by atoms with van der Waals surface area (Å²) >= 11 is 3.26. The average molecular weight is 363 g/mol. The van der Waals surface area contributed by atoms with Gasteiger partial charge < -0.3 is 10.2 Å². The normalized spacial score (nSPS) is 14.1. The first-order valence-corrected chi connectivity index (χ1v) is 10.1. The molecule has 1 aromatic heterocycles. The summed E-state index contributed by atoms with van der Waals surface area (Å²) in [6, 6.07) is 7.94. The molecule has 1 aliphatic rings. The maximum Gasteiger partial charge on any atom is 0.253 e. The molecule has 3 rings (SSSR count). The molecular weight excluding hydrogens is 340 g/mol. The van der Waals surface area contributed by atoms with Gasteiger partial charge in [-0.05, 0) is 37.0 Å². The van der Waals surface area contributed by atoms with Gasteiger partial charge in [0.2, 0.25) is 5.13 Å². The second-order valence-electron chi connectivity index (χ2n) is 5.78. The van der Waals surface area contributed by atoms with Crippen molar-refractivity contribution in [3.8, 4) is 0 Å². The van der Waals surface area contributed by atoms with E-state index in [1.165, 1.54) is 5.56 Å². The number of carbonyl (C=O) groups is 1. The van der Waals surface area contributed by atoms with E-state index in [4.69, 9.17) is 0 Å². The van der Waals surface area contributed by atoms with Crippen LogP contribution >= 0.6 is 23.1 Å². The van der Waals surface area contributed by atoms with Gasteiger partial charge in [-0.3, -0.25) is 4.79 Å². The first-order valence-electron chi connectivity index (χ1n) is 8.34. The Morgan fingerprint density at radius 1 is 1.25 bits per heavy atom. The molecule has 1 N–H and O–H groups in total. The summed E-state index contributed by atoms with van der Waals surface area (Å²) in [6.45, 7) is 4.83. The van der Waals surface area contributed by atoms with Gasteiger partial charge in [-0.2, -0.15) is 0 Å². The molecule has 1 amide bonds. The summed E-state index contributed by atoms with van der Waals surface area (Å²) in [5.74, 6) is 0.989. The third kappa shape index (κ3) is 4.48. The van der Waals surface area contributed by atoms with Crippen LogP contribution in [-0.2, 0) is 5.75 Å². The van der Waals surface area contributed by atoms with E-state index in [-0.39, 0.29) is 5.91 Å². The molecule has 1 aliphatic heterocycles. The van der Waals surface area contributed by atoms with Crippen molar-refractivity contribution < 1.29 is 4.79 Å². The molecule has 0 unspecified atom stereocenters. The maximum absolute atomic E-state index is 12.3. The van der Waals surface area contributed by atoms with Gasteiger partial charge in [-0.15, -0.1) is 10.2 Å². The fraction of sp³-hybridized carbons (Fsp3) is 0.471. The monoisotopic (exact) mass is 362 g/mol. The molecule has 24 heavy (non-hydrogen) atoms. The predicted octanol–water partition coefficient (Wildman–Crippen LogP) is 3.89. The van der Waals surface area contributed by atoms with E-state index in [9.17, 15) is 4.79 Å². The number of hydrogen-bond acceptors (Lipinski definition) is 6. The van der Waals surface area contributed by atoms with Crippen molar-refractivity contribution in [2.45, 2.75) is 36.3 Å². The third-order valence-electron chi connectivity index (χ3n) is 3.89. The minimum absolute atomic E-state index is 0.155. The molecule has 2 heterocycles. The fourth-order valence-corrected chi connectivity index (χ4v) is 4.30. The van der Waals surface area contributed by atoms with Crippen molar-refractivity contribution in [2.75, 3.05) is 25.0 Å². The zero-order valence-corrected chi connectivity index (χ0v) is 15.5. The SMILES string of the molecule is CCCNc1nnc(SCc2ccc(C(=O)N3CCCC3)cc2)s1. The van der Waals surface area contributed by atoms with Crippen LogP contribution in [-0.4, -0.2) is 40.6 Å². The standard InChI is InChI=1S/C17H22N4OS2/c1-2-9-18-16-19-20-17(24-16)23-12-13-5-7-14(8-6-13)15(22)21-10-3-4-11-21/h5-8H,2-4,9-12H2,1H3,(H,18,19). The van der Waals surface area contributed by atoms with Gasteiger partial charge in [0.25, 0.3) is 5.91 Å². The van der Waals surface area contributed by atoms with E-state index >= 15 is 0 Å². The Balaban J connectivity index is 1.52. The van der Waals surface area contributed by atoms with Crippen LogP contribution in [0.5, 0.6) is 0 Å². The number of rotatable bonds is 7. The number of hydrogen-bond donors (Lipinski definition) is 1. The van der Waals surface area contributed by atoms with Crippen molar-refractivity contribution in [3.05, 3.63) is 35.4 Å². The Hall–Kier alpha value is -1.60. The number of nitrogens with one attached hydrogen (secondary N) is 1. The largest absolute Gasteiger partial charge is 0.360 e. The Labute approximate surface area is 150 Å². The number of benzene rings is 1. The van der Waals surface area contributed by atoms with Crippen molar-refractivity contribution in [2.24, 2.45) is 0 Å². The highest BCUT2D eigenvalue weighted by Gasteiger charge is 2.19. The summed E-state index contributed by atoms with van der Waals surface area (Å²) in [5, 5.41) is 12.5. The molecule has 0 saturated carbocycles. The molecular formula is C17H22N4OS2. The molecule has 0 bridgehead atoms. The smallest absolute Gasteiger partial charge is 0.253 e. The van der Waals surface area contributed by atoms with Gasteiger partial charge in [0.15, 0.2) is 4.34 Å². The van der Waals surface area contributed by atoms with E-state index in [1.807, 2.05) is 29.2 Å². The van der Waals surface area contributed by atoms with Crippen LogP contribution < -0.4 is 5.32 Å². The highest BCUT2D eigenvalue weighted by Crippen LogP contribution is 2.28. The minimum atomic E-state index is 0.155. The molecule has 0 atom stereocenters. The number of carbonyl (C=O) groups excluding carboxylic acids is 1. The van der Waals surface area contributed by atoms with Crippen molar-refractivity contribution in [3.63, 3.8) is 0 Å². The van der Waals surface area contributed by atoms with E-state index < -0.39 is 0 Å². The predicted molar refractivity (Wildman–Crippen MR) is 99.8 cm³/mol. The molecule has 5 nitrogen and oxygen atoms in total. The molecule has 2 aromatic rings. The maximum atomic E-state index is 12.3. The quantitative estimate of drug-likeness (QED) is 0.757. The first kappa shape index (κ1) is 17.2. The lowest BCUT2D eigenvalue weighted by atomic mass is 10.1. The van der Waals surface area contributed by atoms with E-state index in [0.717, 1.165) is 59.7 Å². The van der Waals surface area contributed by atoms with Crippen LogP contribution in [0, 0.1) is 0 Å². The van der Waals surface area contributed by atoms with Crippen molar-refractivity contribution in [1.82, 2.24) is 15.1 Å². The number of amides is 1. The van der Waals surface area contributed by atoms with Crippen LogP contribution in [0.1, 0.15) is 42.1 Å². The number of thioether (sulfide) groups is 1. The zero-order valence-electron chi connectivity index (χ0n) is 13.8. The van der Waals surface area contributed by atoms with E-state index in [0.29, 0.717) is 0 Å². The average Bonchev–Trinajstić information content (AvgIpc) is 3.30. The Morgan fingerprint density at radius 2 is 2.00 bits per heavy atom. The van der Waals surface area contributed by atoms with Crippen LogP contribution in [0.3, 0.4) is 0 Å². The summed E-state index contributed by atoms with van der Waals surface area (Å²) in [6.07, 6.45) is 3.32. The lowest BCUT2D eigenvalue weighted by Gasteiger charge is -2.15. The molecule has 1 saturated heterocycles. The fourth-order valence-electron chi connectivity index (χ4n) is 2.56. The summed E-state index contributed by atoms with van der Waals surface area (Å²) < 4.78 is 0.964. The lowest BCUT2D eigenvalue weighted by Crippen LogP contribution is -2.27. The summed E-state index contributed by atoms with van der Waals surface area (Å²) in [7, 11) is 0. The zero-order chi connectivity index (χ0) is 16.8. The molecule has 7 heteroatoms. The van der Waals surface area contributed by atoms with E-state index in [2.05, 4.69) is 22.4 Å². The highest BCUT2D eigenvalue weighted by molar-refractivity contribution is 8.00.